The second kappa shape index (κ2) is 7.36. The first kappa shape index (κ1) is 16.6. The van der Waals surface area contributed by atoms with E-state index in [9.17, 15) is 9.59 Å². The molecule has 0 heterocycles. The Bertz CT molecular complexity index is 497. The molecule has 2 N–H and O–H groups in total. The highest BCUT2D eigenvalue weighted by Gasteiger charge is 2.20. The van der Waals surface area contributed by atoms with Crippen molar-refractivity contribution < 1.29 is 14.3 Å². The molecule has 20 heavy (non-hydrogen) atoms. The normalized spacial score (nSPS) is 10.2. The fourth-order valence-electron chi connectivity index (χ4n) is 1.66. The Morgan fingerprint density at radius 2 is 2.00 bits per heavy atom. The van der Waals surface area contributed by atoms with Gasteiger partial charge in [0.05, 0.1) is 22.8 Å². The lowest BCUT2D eigenvalue weighted by molar-refractivity contribution is -0.141. The number of hydrogen-bond donors (Lipinski definition) is 1. The molecular weight excluding hydrogens is 303 g/mol. The van der Waals surface area contributed by atoms with Crippen LogP contribution in [-0.2, 0) is 9.53 Å². The fourth-order valence-corrected chi connectivity index (χ4v) is 1.99. The van der Waals surface area contributed by atoms with Gasteiger partial charge in [0.1, 0.15) is 6.54 Å². The molecule has 1 aromatic rings. The van der Waals surface area contributed by atoms with Crippen molar-refractivity contribution in [2.45, 2.75) is 13.3 Å². The average Bonchev–Trinajstić information content (AvgIpc) is 2.42. The molecule has 0 aliphatic rings. The summed E-state index contributed by atoms with van der Waals surface area (Å²) >= 11 is 11.7. The van der Waals surface area contributed by atoms with E-state index >= 15 is 0 Å². The second-order valence-corrected chi connectivity index (χ2v) is 4.95. The first-order valence-corrected chi connectivity index (χ1v) is 6.76. The van der Waals surface area contributed by atoms with Crippen LogP contribution >= 0.6 is 23.2 Å². The molecule has 0 aliphatic carbocycles. The number of hydrogen-bond acceptors (Lipinski definition) is 4. The molecule has 0 aromatic heterocycles. The predicted octanol–water partition coefficient (Wildman–Crippen LogP) is 2.60. The molecule has 1 amide bonds. The van der Waals surface area contributed by atoms with E-state index in [2.05, 4.69) is 4.74 Å². The number of ether oxygens (including phenoxy) is 1. The van der Waals surface area contributed by atoms with E-state index in [1.165, 1.54) is 24.1 Å². The number of nitrogens with zero attached hydrogens (tertiary/aromatic N) is 1. The Morgan fingerprint density at radius 1 is 1.35 bits per heavy atom. The molecule has 0 aliphatic heterocycles. The fraction of sp³-hybridized carbons (Fsp3) is 0.385. The van der Waals surface area contributed by atoms with Gasteiger partial charge in [-0.25, -0.2) is 0 Å². The minimum Gasteiger partial charge on any atom is -0.468 e. The van der Waals surface area contributed by atoms with Crippen LogP contribution in [0.15, 0.2) is 12.1 Å². The lowest BCUT2D eigenvalue weighted by Gasteiger charge is -2.21. The number of nitrogen functional groups attached to an aromatic ring is 1. The van der Waals surface area contributed by atoms with E-state index < -0.39 is 5.97 Å². The Labute approximate surface area is 127 Å². The minimum atomic E-state index is -0.486. The van der Waals surface area contributed by atoms with Gasteiger partial charge in [0.2, 0.25) is 0 Å². The van der Waals surface area contributed by atoms with Crippen LogP contribution in [0.4, 0.5) is 5.69 Å². The van der Waals surface area contributed by atoms with Gasteiger partial charge in [0, 0.05) is 12.1 Å². The zero-order valence-electron chi connectivity index (χ0n) is 11.3. The molecule has 0 spiro atoms. The summed E-state index contributed by atoms with van der Waals surface area (Å²) in [5.41, 5.74) is 6.19. The van der Waals surface area contributed by atoms with E-state index in [4.69, 9.17) is 28.9 Å². The van der Waals surface area contributed by atoms with Crippen LogP contribution < -0.4 is 5.73 Å². The number of carbonyl (C=O) groups excluding carboxylic acids is 2. The first-order chi connectivity index (χ1) is 9.40. The van der Waals surface area contributed by atoms with Gasteiger partial charge in [-0.1, -0.05) is 30.1 Å². The van der Waals surface area contributed by atoms with Crippen molar-refractivity contribution in [3.63, 3.8) is 0 Å². The molecule has 0 fully saturated rings. The van der Waals surface area contributed by atoms with Crippen LogP contribution in [0.25, 0.3) is 0 Å². The summed E-state index contributed by atoms with van der Waals surface area (Å²) in [6, 6.07) is 2.87. The third-order valence-corrected chi connectivity index (χ3v) is 3.45. The summed E-state index contributed by atoms with van der Waals surface area (Å²) in [7, 11) is 1.27. The number of benzene rings is 1. The highest BCUT2D eigenvalue weighted by Crippen LogP contribution is 2.29. The van der Waals surface area contributed by atoms with Gasteiger partial charge in [-0.2, -0.15) is 0 Å². The maximum Gasteiger partial charge on any atom is 0.325 e. The number of halogens is 2. The number of anilines is 1. The number of amides is 1. The van der Waals surface area contributed by atoms with Gasteiger partial charge in [0.15, 0.2) is 0 Å². The summed E-state index contributed by atoms with van der Waals surface area (Å²) < 4.78 is 4.57. The highest BCUT2D eigenvalue weighted by atomic mass is 35.5. The van der Waals surface area contributed by atoms with Crippen LogP contribution in [0.2, 0.25) is 10.0 Å². The monoisotopic (exact) mass is 318 g/mol. The van der Waals surface area contributed by atoms with Crippen molar-refractivity contribution in [2.24, 2.45) is 0 Å². The number of carbonyl (C=O) groups is 2. The van der Waals surface area contributed by atoms with E-state index in [0.717, 1.165) is 0 Å². The highest BCUT2D eigenvalue weighted by molar-refractivity contribution is 6.43. The SMILES string of the molecule is CCCN(CC(=O)OC)C(=O)c1cc(N)c(Cl)c(Cl)c1. The van der Waals surface area contributed by atoms with Gasteiger partial charge < -0.3 is 15.4 Å². The molecule has 1 aromatic carbocycles. The standard InChI is InChI=1S/C13H16Cl2N2O3/c1-3-4-17(7-11(18)20-2)13(19)8-5-9(14)12(15)10(16)6-8/h5-6H,3-4,7,16H2,1-2H3. The molecule has 0 radical (unpaired) electrons. The zero-order chi connectivity index (χ0) is 15.3. The molecule has 0 saturated carbocycles. The van der Waals surface area contributed by atoms with Crippen molar-refractivity contribution in [3.05, 3.63) is 27.7 Å². The second-order valence-electron chi connectivity index (χ2n) is 4.16. The van der Waals surface area contributed by atoms with Crippen molar-refractivity contribution in [1.29, 1.82) is 0 Å². The Morgan fingerprint density at radius 3 is 2.50 bits per heavy atom. The molecule has 110 valence electrons. The van der Waals surface area contributed by atoms with Crippen molar-refractivity contribution in [3.8, 4) is 0 Å². The van der Waals surface area contributed by atoms with Crippen LogP contribution in [0.3, 0.4) is 0 Å². The van der Waals surface area contributed by atoms with Crippen molar-refractivity contribution in [2.75, 3.05) is 25.9 Å². The maximum atomic E-state index is 12.4. The van der Waals surface area contributed by atoms with E-state index in [0.29, 0.717) is 13.0 Å². The average molecular weight is 319 g/mol. The van der Waals surface area contributed by atoms with Gasteiger partial charge in [-0.3, -0.25) is 9.59 Å². The first-order valence-electron chi connectivity index (χ1n) is 6.01. The van der Waals surface area contributed by atoms with Crippen LogP contribution in [-0.4, -0.2) is 37.0 Å². The minimum absolute atomic E-state index is 0.122. The van der Waals surface area contributed by atoms with Crippen LogP contribution in [0.5, 0.6) is 0 Å². The molecule has 0 saturated heterocycles. The number of esters is 1. The van der Waals surface area contributed by atoms with Gasteiger partial charge in [0.25, 0.3) is 5.91 Å². The van der Waals surface area contributed by atoms with Gasteiger partial charge in [-0.05, 0) is 18.6 Å². The molecule has 0 bridgehead atoms. The summed E-state index contributed by atoms with van der Waals surface area (Å²) in [6.07, 6.45) is 0.708. The maximum absolute atomic E-state index is 12.4. The quantitative estimate of drug-likeness (QED) is 0.669. The lowest BCUT2D eigenvalue weighted by atomic mass is 10.1. The smallest absolute Gasteiger partial charge is 0.325 e. The summed E-state index contributed by atoms with van der Waals surface area (Å²) in [5, 5.41) is 0.405. The number of rotatable bonds is 5. The molecule has 1 rings (SSSR count). The Hall–Kier alpha value is -1.46. The lowest BCUT2D eigenvalue weighted by Crippen LogP contribution is -2.36. The summed E-state index contributed by atoms with van der Waals surface area (Å²) in [6.45, 7) is 2.21. The Kier molecular flexibility index (Phi) is 6.10. The Balaban J connectivity index is 3.03. The van der Waals surface area contributed by atoms with Crippen molar-refractivity contribution >= 4 is 40.8 Å². The van der Waals surface area contributed by atoms with Gasteiger partial charge >= 0.3 is 5.97 Å². The van der Waals surface area contributed by atoms with E-state index in [1.807, 2.05) is 6.92 Å². The molecule has 0 atom stereocenters. The zero-order valence-corrected chi connectivity index (χ0v) is 12.8. The topological polar surface area (TPSA) is 72.6 Å². The largest absolute Gasteiger partial charge is 0.468 e. The summed E-state index contributed by atoms with van der Waals surface area (Å²) in [4.78, 5) is 25.1. The van der Waals surface area contributed by atoms with E-state index in [-0.39, 0.29) is 33.7 Å². The van der Waals surface area contributed by atoms with Crippen LogP contribution in [0, 0.1) is 0 Å². The predicted molar refractivity (Wildman–Crippen MR) is 79.1 cm³/mol. The van der Waals surface area contributed by atoms with Crippen LogP contribution in [0.1, 0.15) is 23.7 Å². The molecule has 5 nitrogen and oxygen atoms in total. The van der Waals surface area contributed by atoms with E-state index in [1.54, 1.807) is 0 Å². The van der Waals surface area contributed by atoms with Gasteiger partial charge in [-0.15, -0.1) is 0 Å². The number of nitrogens with two attached hydrogens (primary N) is 1. The number of methoxy groups -OCH3 is 1. The molecular formula is C13H16Cl2N2O3. The summed E-state index contributed by atoms with van der Waals surface area (Å²) in [5.74, 6) is -0.831. The third-order valence-electron chi connectivity index (χ3n) is 2.63. The molecule has 0 unspecified atom stereocenters. The van der Waals surface area contributed by atoms with Crippen molar-refractivity contribution in [1.82, 2.24) is 4.90 Å². The third kappa shape index (κ3) is 4.02. The molecule has 7 heteroatoms.